The van der Waals surface area contributed by atoms with Gasteiger partial charge >= 0.3 is 0 Å². The van der Waals surface area contributed by atoms with Gasteiger partial charge in [0.05, 0.1) is 6.26 Å². The number of rotatable bonds is 5. The largest absolute Gasteiger partial charge is 0.354 e. The average Bonchev–Trinajstić information content (AvgIpc) is 1.88. The summed E-state index contributed by atoms with van der Waals surface area (Å²) in [4.78, 5) is 0. The first-order valence-corrected chi connectivity index (χ1v) is 4.71. The van der Waals surface area contributed by atoms with Crippen molar-refractivity contribution in [2.24, 2.45) is 0 Å². The zero-order valence-electron chi connectivity index (χ0n) is 6.73. The molecule has 0 atom stereocenters. The van der Waals surface area contributed by atoms with Gasteiger partial charge in [-0.05, 0) is 0 Å². The number of hydrogen-bond acceptors (Lipinski definition) is 5. The van der Waals surface area contributed by atoms with E-state index in [-0.39, 0.29) is 6.61 Å². The van der Waals surface area contributed by atoms with Gasteiger partial charge in [-0.1, -0.05) is 0 Å². The van der Waals surface area contributed by atoms with Crippen molar-refractivity contribution >= 4 is 10.1 Å². The second-order valence-corrected chi connectivity index (χ2v) is 3.53. The molecule has 0 aromatic rings. The monoisotopic (exact) mass is 184 g/mol. The van der Waals surface area contributed by atoms with Gasteiger partial charge in [0, 0.05) is 14.2 Å². The van der Waals surface area contributed by atoms with E-state index < -0.39 is 16.4 Å². The fraction of sp³-hybridized carbons (Fsp3) is 1.00. The number of hydrogen-bond donors (Lipinski definition) is 0. The van der Waals surface area contributed by atoms with Crippen molar-refractivity contribution in [3.63, 3.8) is 0 Å². The molecule has 0 unspecified atom stereocenters. The Balaban J connectivity index is 3.69. The smallest absolute Gasteiger partial charge is 0.264 e. The van der Waals surface area contributed by atoms with Gasteiger partial charge in [0.2, 0.25) is 0 Å². The van der Waals surface area contributed by atoms with Crippen LogP contribution in [-0.4, -0.2) is 41.8 Å². The van der Waals surface area contributed by atoms with Crippen LogP contribution in [0.2, 0.25) is 0 Å². The van der Waals surface area contributed by atoms with Gasteiger partial charge in [0.1, 0.15) is 6.61 Å². The summed E-state index contributed by atoms with van der Waals surface area (Å²) in [5, 5.41) is 0. The van der Waals surface area contributed by atoms with E-state index in [0.29, 0.717) is 0 Å². The quantitative estimate of drug-likeness (QED) is 0.429. The van der Waals surface area contributed by atoms with Crippen LogP contribution in [0.25, 0.3) is 0 Å². The zero-order valence-corrected chi connectivity index (χ0v) is 7.55. The topological polar surface area (TPSA) is 61.8 Å². The fourth-order valence-electron chi connectivity index (χ4n) is 0.411. The fourth-order valence-corrected chi connectivity index (χ4v) is 0.770. The standard InChI is InChI=1S/C5H12O5S/c1-8-5(9-2)4-10-11(3,6)7/h5H,4H2,1-3H3. The lowest BCUT2D eigenvalue weighted by molar-refractivity contribution is -0.121. The summed E-state index contributed by atoms with van der Waals surface area (Å²) in [6.07, 6.45) is 0.333. The van der Waals surface area contributed by atoms with Crippen LogP contribution in [0.5, 0.6) is 0 Å². The molecule has 68 valence electrons. The van der Waals surface area contributed by atoms with Crippen molar-refractivity contribution in [1.82, 2.24) is 0 Å². The minimum absolute atomic E-state index is 0.119. The summed E-state index contributed by atoms with van der Waals surface area (Å²) >= 11 is 0. The first kappa shape index (κ1) is 10.8. The average molecular weight is 184 g/mol. The first-order valence-electron chi connectivity index (χ1n) is 2.89. The van der Waals surface area contributed by atoms with Crippen LogP contribution in [0, 0.1) is 0 Å². The molecule has 0 aliphatic carbocycles. The van der Waals surface area contributed by atoms with Crippen molar-refractivity contribution in [1.29, 1.82) is 0 Å². The van der Waals surface area contributed by atoms with E-state index in [2.05, 4.69) is 13.7 Å². The highest BCUT2D eigenvalue weighted by molar-refractivity contribution is 7.85. The van der Waals surface area contributed by atoms with Crippen molar-refractivity contribution in [3.05, 3.63) is 0 Å². The Morgan fingerprint density at radius 2 is 1.73 bits per heavy atom. The van der Waals surface area contributed by atoms with E-state index in [9.17, 15) is 8.42 Å². The lowest BCUT2D eigenvalue weighted by atomic mass is 10.7. The molecule has 0 heterocycles. The van der Waals surface area contributed by atoms with Crippen LogP contribution in [0.3, 0.4) is 0 Å². The lowest BCUT2D eigenvalue weighted by Crippen LogP contribution is -2.22. The summed E-state index contributed by atoms with van der Waals surface area (Å²) < 4.78 is 34.6. The molecule has 0 aliphatic rings. The van der Waals surface area contributed by atoms with Crippen molar-refractivity contribution in [3.8, 4) is 0 Å². The maximum Gasteiger partial charge on any atom is 0.264 e. The molecule has 0 amide bonds. The van der Waals surface area contributed by atoms with E-state index in [1.807, 2.05) is 0 Å². The van der Waals surface area contributed by atoms with Crippen LogP contribution < -0.4 is 0 Å². The van der Waals surface area contributed by atoms with Crippen LogP contribution >= 0.6 is 0 Å². The molecule has 0 spiro atoms. The third kappa shape index (κ3) is 6.24. The third-order valence-corrected chi connectivity index (χ3v) is 1.51. The minimum atomic E-state index is -3.40. The first-order chi connectivity index (χ1) is 4.99. The molecule has 0 saturated carbocycles. The van der Waals surface area contributed by atoms with E-state index in [0.717, 1.165) is 6.26 Å². The van der Waals surface area contributed by atoms with Gasteiger partial charge in [0.25, 0.3) is 10.1 Å². The Kier molecular flexibility index (Phi) is 4.58. The maximum atomic E-state index is 10.4. The minimum Gasteiger partial charge on any atom is -0.354 e. The molecule has 0 aliphatic heterocycles. The molecule has 11 heavy (non-hydrogen) atoms. The second kappa shape index (κ2) is 4.66. The van der Waals surface area contributed by atoms with Gasteiger partial charge < -0.3 is 9.47 Å². The molecule has 0 bridgehead atoms. The second-order valence-electron chi connectivity index (χ2n) is 1.89. The summed E-state index contributed by atoms with van der Waals surface area (Å²) in [6, 6.07) is 0. The molecule has 0 aromatic heterocycles. The molecule has 0 radical (unpaired) electrons. The maximum absolute atomic E-state index is 10.4. The van der Waals surface area contributed by atoms with Gasteiger partial charge in [0.15, 0.2) is 6.29 Å². The van der Waals surface area contributed by atoms with Gasteiger partial charge in [-0.15, -0.1) is 0 Å². The van der Waals surface area contributed by atoms with Gasteiger partial charge in [-0.2, -0.15) is 8.42 Å². The summed E-state index contributed by atoms with van der Waals surface area (Å²) in [6.45, 7) is -0.119. The summed E-state index contributed by atoms with van der Waals surface area (Å²) in [5.41, 5.74) is 0. The van der Waals surface area contributed by atoms with Gasteiger partial charge in [-0.25, -0.2) is 0 Å². The Morgan fingerprint density at radius 3 is 2.00 bits per heavy atom. The SMILES string of the molecule is COC(COS(C)(=O)=O)OC. The van der Waals surface area contributed by atoms with Crippen LogP contribution in [0.15, 0.2) is 0 Å². The molecular formula is C5H12O5S. The van der Waals surface area contributed by atoms with E-state index in [1.165, 1.54) is 14.2 Å². The molecule has 6 heteroatoms. The Morgan fingerprint density at radius 1 is 1.27 bits per heavy atom. The van der Waals surface area contributed by atoms with Crippen molar-refractivity contribution in [2.45, 2.75) is 6.29 Å². The Labute approximate surface area is 66.4 Å². The van der Waals surface area contributed by atoms with E-state index >= 15 is 0 Å². The molecule has 0 saturated heterocycles. The van der Waals surface area contributed by atoms with Crippen LogP contribution in [-0.2, 0) is 23.8 Å². The molecule has 0 N–H and O–H groups in total. The third-order valence-electron chi connectivity index (χ3n) is 0.944. The molecule has 5 nitrogen and oxygen atoms in total. The molecule has 0 fully saturated rings. The van der Waals surface area contributed by atoms with Crippen molar-refractivity contribution in [2.75, 3.05) is 27.1 Å². The van der Waals surface area contributed by atoms with E-state index in [4.69, 9.17) is 0 Å². The predicted molar refractivity (Wildman–Crippen MR) is 38.6 cm³/mol. The highest BCUT2D eigenvalue weighted by Gasteiger charge is 2.09. The Bertz CT molecular complexity index is 181. The van der Waals surface area contributed by atoms with Crippen LogP contribution in [0.4, 0.5) is 0 Å². The van der Waals surface area contributed by atoms with Crippen molar-refractivity contribution < 1.29 is 22.1 Å². The summed E-state index contributed by atoms with van der Waals surface area (Å²) in [7, 11) is -0.594. The highest BCUT2D eigenvalue weighted by Crippen LogP contribution is 1.94. The van der Waals surface area contributed by atoms with Gasteiger partial charge in [-0.3, -0.25) is 4.18 Å². The number of ether oxygens (including phenoxy) is 2. The highest BCUT2D eigenvalue weighted by atomic mass is 32.2. The summed E-state index contributed by atoms with van der Waals surface area (Å²) in [5.74, 6) is 0. The Hall–Kier alpha value is -0.170. The van der Waals surface area contributed by atoms with Crippen LogP contribution in [0.1, 0.15) is 0 Å². The lowest BCUT2D eigenvalue weighted by Gasteiger charge is -2.11. The number of methoxy groups -OCH3 is 2. The predicted octanol–water partition coefficient (Wildman–Crippen LogP) is -0.418. The molecule has 0 rings (SSSR count). The van der Waals surface area contributed by atoms with E-state index in [1.54, 1.807) is 0 Å². The molecular weight excluding hydrogens is 172 g/mol. The zero-order chi connectivity index (χ0) is 8.91. The normalized spacial score (nSPS) is 12.4. The molecule has 0 aromatic carbocycles.